The summed E-state index contributed by atoms with van der Waals surface area (Å²) in [5, 5.41) is 0. The van der Waals surface area contributed by atoms with E-state index in [-0.39, 0.29) is 48.0 Å². The Balaban J connectivity index is 1.37. The highest BCUT2D eigenvalue weighted by Gasteiger charge is 2.39. The van der Waals surface area contributed by atoms with E-state index >= 15 is 0 Å². The maximum atomic E-state index is 12.5. The van der Waals surface area contributed by atoms with E-state index in [4.69, 9.17) is 18.9 Å². The van der Waals surface area contributed by atoms with Gasteiger partial charge in [0, 0.05) is 78.0 Å². The van der Waals surface area contributed by atoms with E-state index in [0.29, 0.717) is 104 Å². The normalized spacial score (nSPS) is 34.7. The Bertz CT molecular complexity index is 704. The third kappa shape index (κ3) is 5.51. The van der Waals surface area contributed by atoms with Crippen LogP contribution in [0, 0.1) is 0 Å². The van der Waals surface area contributed by atoms with Gasteiger partial charge < -0.3 is 18.9 Å². The Morgan fingerprint density at radius 3 is 0.722 bits per heavy atom. The summed E-state index contributed by atoms with van der Waals surface area (Å²) in [6.07, 6.45) is 2.53. The van der Waals surface area contributed by atoms with Gasteiger partial charge in [-0.2, -0.15) is 0 Å². The first-order chi connectivity index (χ1) is 17.5. The van der Waals surface area contributed by atoms with Crippen LogP contribution in [0.25, 0.3) is 0 Å². The van der Waals surface area contributed by atoms with Gasteiger partial charge in [0.15, 0.2) is 0 Å². The monoisotopic (exact) mass is 508 g/mol. The first-order valence-corrected chi connectivity index (χ1v) is 13.1. The Morgan fingerprint density at radius 2 is 0.583 bits per heavy atom. The molecule has 0 radical (unpaired) electrons. The van der Waals surface area contributed by atoms with Crippen LogP contribution in [0.3, 0.4) is 0 Å². The van der Waals surface area contributed by atoms with E-state index < -0.39 is 0 Å². The van der Waals surface area contributed by atoms with E-state index in [1.54, 1.807) is 0 Å². The van der Waals surface area contributed by atoms with E-state index in [1.807, 2.05) is 0 Å². The molecule has 5 rings (SSSR count). The number of hydrogen-bond donors (Lipinski definition) is 0. The third-order valence-electron chi connectivity index (χ3n) is 8.09. The second-order valence-corrected chi connectivity index (χ2v) is 10.0. The lowest BCUT2D eigenvalue weighted by Crippen LogP contribution is -2.55. The van der Waals surface area contributed by atoms with Gasteiger partial charge in [0.25, 0.3) is 0 Å². The van der Waals surface area contributed by atoms with Crippen molar-refractivity contribution in [2.45, 2.75) is 49.9 Å². The van der Waals surface area contributed by atoms with Crippen LogP contribution in [0.15, 0.2) is 0 Å². The molecule has 5 fully saturated rings. The van der Waals surface area contributed by atoms with Crippen LogP contribution in [0.1, 0.15) is 25.7 Å². The van der Waals surface area contributed by atoms with Crippen molar-refractivity contribution in [3.8, 4) is 0 Å². The summed E-state index contributed by atoms with van der Waals surface area (Å²) in [6, 6.07) is -1.31. The molecule has 0 aliphatic carbocycles. The summed E-state index contributed by atoms with van der Waals surface area (Å²) in [5.74, 6) is -0.864. The molecule has 0 aromatic rings. The summed E-state index contributed by atoms with van der Waals surface area (Å²) in [4.78, 5) is 58.4. The third-order valence-corrected chi connectivity index (χ3v) is 8.09. The average Bonchev–Trinajstić information content (AvgIpc) is 3.65. The second-order valence-electron chi connectivity index (χ2n) is 10.0. The number of rotatable bonds is 4. The van der Waals surface area contributed by atoms with Gasteiger partial charge in [-0.3, -0.25) is 38.8 Å². The lowest BCUT2D eigenvalue weighted by Gasteiger charge is -2.38. The molecule has 0 saturated carbocycles. The van der Waals surface area contributed by atoms with Crippen molar-refractivity contribution in [2.75, 3.05) is 78.8 Å². The standard InChI is InChI=1S/C24H36N4O8/c29-21-17(1-13-33-21)25-5-7-26(18-2-14-34-22(18)30)9-11-28(20-4-16-36-24(20)32)12-10-27(8-6-25)19-3-15-35-23(19)31/h17-20H,1-16H2. The summed E-state index contributed by atoms with van der Waals surface area (Å²) in [6.45, 7) is 6.28. The Hall–Kier alpha value is -2.28. The molecule has 36 heavy (non-hydrogen) atoms. The molecule has 5 saturated heterocycles. The average molecular weight is 509 g/mol. The first kappa shape index (κ1) is 25.4. The molecule has 5 heterocycles. The topological polar surface area (TPSA) is 118 Å². The molecular weight excluding hydrogens is 472 g/mol. The zero-order valence-corrected chi connectivity index (χ0v) is 20.7. The van der Waals surface area contributed by atoms with Crippen LogP contribution >= 0.6 is 0 Å². The Labute approximate surface area is 210 Å². The molecule has 200 valence electrons. The van der Waals surface area contributed by atoms with Crippen LogP contribution in [-0.4, -0.2) is 146 Å². The quantitative estimate of drug-likeness (QED) is 0.324. The van der Waals surface area contributed by atoms with E-state index in [9.17, 15) is 19.2 Å². The van der Waals surface area contributed by atoms with Crippen molar-refractivity contribution >= 4 is 23.9 Å². The maximum absolute atomic E-state index is 12.5. The molecule has 5 aliphatic rings. The second kappa shape index (κ2) is 11.4. The first-order valence-electron chi connectivity index (χ1n) is 13.1. The van der Waals surface area contributed by atoms with E-state index in [2.05, 4.69) is 19.6 Å². The minimum Gasteiger partial charge on any atom is -0.464 e. The van der Waals surface area contributed by atoms with Gasteiger partial charge >= 0.3 is 23.9 Å². The van der Waals surface area contributed by atoms with Crippen molar-refractivity contribution in [3.63, 3.8) is 0 Å². The van der Waals surface area contributed by atoms with Crippen molar-refractivity contribution in [1.29, 1.82) is 0 Å². The lowest BCUT2D eigenvalue weighted by atomic mass is 10.1. The highest BCUT2D eigenvalue weighted by molar-refractivity contribution is 5.79. The van der Waals surface area contributed by atoms with Crippen molar-refractivity contribution in [1.82, 2.24) is 19.6 Å². The summed E-state index contributed by atoms with van der Waals surface area (Å²) in [5.41, 5.74) is 0. The fourth-order valence-corrected chi connectivity index (χ4v) is 5.99. The summed E-state index contributed by atoms with van der Waals surface area (Å²) < 4.78 is 21.0. The number of nitrogens with zero attached hydrogens (tertiary/aromatic N) is 4. The van der Waals surface area contributed by atoms with Gasteiger partial charge in [0.2, 0.25) is 0 Å². The van der Waals surface area contributed by atoms with E-state index in [0.717, 1.165) is 0 Å². The molecule has 0 spiro atoms. The molecular formula is C24H36N4O8. The predicted octanol–water partition coefficient (Wildman–Crippen LogP) is -1.53. The molecule has 12 nitrogen and oxygen atoms in total. The van der Waals surface area contributed by atoms with Gasteiger partial charge in [-0.25, -0.2) is 0 Å². The minimum atomic E-state index is -0.326. The molecule has 4 atom stereocenters. The number of carbonyl (C=O) groups is 4. The molecule has 0 amide bonds. The van der Waals surface area contributed by atoms with Crippen LogP contribution in [0.2, 0.25) is 0 Å². The molecule has 5 aliphatic heterocycles. The number of carbonyl (C=O) groups excluding carboxylic acids is 4. The fraction of sp³-hybridized carbons (Fsp3) is 0.833. The SMILES string of the molecule is O=C1OCCC1N1CCN(C2CCOC2=O)CCN(C2CCOC2=O)CCN(C2CCOC2=O)CC1. The van der Waals surface area contributed by atoms with E-state index in [1.165, 1.54) is 0 Å². The molecule has 0 aromatic heterocycles. The number of esters is 4. The maximum Gasteiger partial charge on any atom is 0.323 e. The largest absolute Gasteiger partial charge is 0.464 e. The van der Waals surface area contributed by atoms with Gasteiger partial charge in [0.1, 0.15) is 24.2 Å². The summed E-state index contributed by atoms with van der Waals surface area (Å²) in [7, 11) is 0. The Morgan fingerprint density at radius 1 is 0.389 bits per heavy atom. The molecule has 0 N–H and O–H groups in total. The van der Waals surface area contributed by atoms with Crippen LogP contribution < -0.4 is 0 Å². The number of cyclic esters (lactones) is 4. The fourth-order valence-electron chi connectivity index (χ4n) is 5.99. The van der Waals surface area contributed by atoms with Crippen molar-refractivity contribution in [3.05, 3.63) is 0 Å². The smallest absolute Gasteiger partial charge is 0.323 e. The van der Waals surface area contributed by atoms with Crippen LogP contribution in [0.4, 0.5) is 0 Å². The number of ether oxygens (including phenoxy) is 4. The predicted molar refractivity (Wildman–Crippen MR) is 124 cm³/mol. The number of hydrogen-bond acceptors (Lipinski definition) is 12. The molecule has 0 bridgehead atoms. The van der Waals surface area contributed by atoms with Crippen molar-refractivity contribution in [2.24, 2.45) is 0 Å². The highest BCUT2D eigenvalue weighted by atomic mass is 16.6. The zero-order valence-electron chi connectivity index (χ0n) is 20.7. The van der Waals surface area contributed by atoms with Gasteiger partial charge in [0.05, 0.1) is 26.4 Å². The zero-order chi connectivity index (χ0) is 25.1. The molecule has 4 unspecified atom stereocenters. The van der Waals surface area contributed by atoms with Crippen LogP contribution in [-0.2, 0) is 38.1 Å². The Kier molecular flexibility index (Phi) is 8.04. The minimum absolute atomic E-state index is 0.216. The van der Waals surface area contributed by atoms with Gasteiger partial charge in [-0.15, -0.1) is 0 Å². The lowest BCUT2D eigenvalue weighted by molar-refractivity contribution is -0.145. The summed E-state index contributed by atoms with van der Waals surface area (Å²) >= 11 is 0. The molecule has 0 aromatic carbocycles. The van der Waals surface area contributed by atoms with Crippen molar-refractivity contribution < 1.29 is 38.1 Å². The van der Waals surface area contributed by atoms with Gasteiger partial charge in [-0.1, -0.05) is 0 Å². The molecule has 12 heteroatoms. The highest BCUT2D eigenvalue weighted by Crippen LogP contribution is 2.21. The van der Waals surface area contributed by atoms with Gasteiger partial charge in [-0.05, 0) is 0 Å². The van der Waals surface area contributed by atoms with Crippen LogP contribution in [0.5, 0.6) is 0 Å².